The fourth-order valence-corrected chi connectivity index (χ4v) is 3.22. The molecule has 0 aliphatic rings. The van der Waals surface area contributed by atoms with Gasteiger partial charge >= 0.3 is 0 Å². The fourth-order valence-electron chi connectivity index (χ4n) is 2.54. The molecular weight excluding hydrogens is 358 g/mol. The predicted molar refractivity (Wildman–Crippen MR) is 105 cm³/mol. The van der Waals surface area contributed by atoms with Gasteiger partial charge in [-0.2, -0.15) is 0 Å². The van der Waals surface area contributed by atoms with Crippen molar-refractivity contribution in [2.24, 2.45) is 0 Å². The molecule has 4 nitrogen and oxygen atoms in total. The van der Waals surface area contributed by atoms with Gasteiger partial charge in [-0.1, -0.05) is 39.3 Å². The quantitative estimate of drug-likeness (QED) is 0.692. The van der Waals surface area contributed by atoms with Crippen molar-refractivity contribution in [2.45, 2.75) is 39.5 Å². The van der Waals surface area contributed by atoms with Crippen LogP contribution in [0.2, 0.25) is 5.02 Å². The van der Waals surface area contributed by atoms with E-state index in [2.05, 4.69) is 32.4 Å². The minimum Gasteiger partial charge on any atom is -0.457 e. The molecule has 2 aromatic carbocycles. The van der Waals surface area contributed by atoms with E-state index in [-0.39, 0.29) is 11.8 Å². The van der Waals surface area contributed by atoms with Crippen LogP contribution in [0.25, 0.3) is 0 Å². The van der Waals surface area contributed by atoms with Gasteiger partial charge in [0.2, 0.25) is 10.0 Å². The number of benzene rings is 2. The Morgan fingerprint density at radius 2 is 1.44 bits per heavy atom. The first-order chi connectivity index (χ1) is 11.6. The monoisotopic (exact) mass is 381 g/mol. The van der Waals surface area contributed by atoms with E-state index in [9.17, 15) is 8.42 Å². The minimum atomic E-state index is -3.34. The molecule has 0 aliphatic heterocycles. The molecule has 0 fully saturated rings. The molecule has 2 aromatic rings. The molecule has 136 valence electrons. The van der Waals surface area contributed by atoms with E-state index in [4.69, 9.17) is 16.3 Å². The van der Waals surface area contributed by atoms with Crippen LogP contribution in [0.5, 0.6) is 11.5 Å². The van der Waals surface area contributed by atoms with Crippen molar-refractivity contribution in [1.29, 1.82) is 0 Å². The summed E-state index contributed by atoms with van der Waals surface area (Å²) in [5.74, 6) is 1.80. The summed E-state index contributed by atoms with van der Waals surface area (Å²) in [7, 11) is -3.34. The van der Waals surface area contributed by atoms with Crippen LogP contribution in [0.1, 0.15) is 50.7 Å². The Labute approximate surface area is 155 Å². The van der Waals surface area contributed by atoms with Gasteiger partial charge in [-0.05, 0) is 59.4 Å². The maximum atomic E-state index is 11.6. The molecule has 0 spiro atoms. The average Bonchev–Trinajstić information content (AvgIpc) is 2.48. The number of rotatable bonds is 6. The van der Waals surface area contributed by atoms with Crippen LogP contribution in [0.4, 0.5) is 5.69 Å². The lowest BCUT2D eigenvalue weighted by molar-refractivity contribution is 0.463. The summed E-state index contributed by atoms with van der Waals surface area (Å²) in [5.41, 5.74) is 2.46. The highest BCUT2D eigenvalue weighted by Crippen LogP contribution is 2.40. The van der Waals surface area contributed by atoms with Crippen LogP contribution in [-0.4, -0.2) is 14.7 Å². The highest BCUT2D eigenvalue weighted by atomic mass is 35.5. The minimum absolute atomic E-state index is 0.168. The van der Waals surface area contributed by atoms with Crippen molar-refractivity contribution in [3.05, 3.63) is 52.5 Å². The number of nitrogens with one attached hydrogen (secondary N) is 1. The van der Waals surface area contributed by atoms with Crippen molar-refractivity contribution in [1.82, 2.24) is 0 Å². The summed E-state index contributed by atoms with van der Waals surface area (Å²) < 4.78 is 32.0. The molecule has 0 saturated heterocycles. The van der Waals surface area contributed by atoms with Gasteiger partial charge in [0.25, 0.3) is 0 Å². The van der Waals surface area contributed by atoms with Crippen molar-refractivity contribution in [3.8, 4) is 11.5 Å². The molecule has 0 atom stereocenters. The Morgan fingerprint density at radius 3 is 1.84 bits per heavy atom. The van der Waals surface area contributed by atoms with Gasteiger partial charge in [-0.3, -0.25) is 4.72 Å². The van der Waals surface area contributed by atoms with Crippen molar-refractivity contribution in [3.63, 3.8) is 0 Å². The van der Waals surface area contributed by atoms with Crippen LogP contribution in [-0.2, 0) is 10.0 Å². The number of sulfonamides is 1. The van der Waals surface area contributed by atoms with Crippen LogP contribution in [0.3, 0.4) is 0 Å². The SMILES string of the molecule is CC(C)c1cc(NS(C)(=O)=O)cc(C(C)C)c1Oc1ccc(Cl)cc1. The van der Waals surface area contributed by atoms with Gasteiger partial charge in [-0.15, -0.1) is 0 Å². The third kappa shape index (κ3) is 5.38. The number of halogens is 1. The first kappa shape index (κ1) is 19.6. The van der Waals surface area contributed by atoms with E-state index in [1.54, 1.807) is 12.1 Å². The van der Waals surface area contributed by atoms with Gasteiger partial charge < -0.3 is 4.74 Å². The second-order valence-electron chi connectivity index (χ2n) is 6.72. The Kier molecular flexibility index (Phi) is 6.01. The number of hydrogen-bond donors (Lipinski definition) is 1. The van der Waals surface area contributed by atoms with Gasteiger partial charge in [0, 0.05) is 10.7 Å². The molecule has 0 radical (unpaired) electrons. The number of anilines is 1. The van der Waals surface area contributed by atoms with E-state index in [0.717, 1.165) is 23.1 Å². The van der Waals surface area contributed by atoms with E-state index in [1.165, 1.54) is 0 Å². The molecule has 1 N–H and O–H groups in total. The second-order valence-corrected chi connectivity index (χ2v) is 8.91. The molecule has 0 bridgehead atoms. The van der Waals surface area contributed by atoms with Crippen molar-refractivity contribution >= 4 is 27.3 Å². The summed E-state index contributed by atoms with van der Waals surface area (Å²) in [6.07, 6.45) is 1.15. The normalized spacial score (nSPS) is 11.8. The molecule has 25 heavy (non-hydrogen) atoms. The Hall–Kier alpha value is -1.72. The Bertz CT molecular complexity index is 814. The summed E-state index contributed by atoms with van der Waals surface area (Å²) >= 11 is 5.94. The zero-order valence-electron chi connectivity index (χ0n) is 15.1. The summed E-state index contributed by atoms with van der Waals surface area (Å²) in [4.78, 5) is 0. The molecule has 6 heteroatoms. The lowest BCUT2D eigenvalue weighted by Crippen LogP contribution is -2.11. The smallest absolute Gasteiger partial charge is 0.229 e. The molecular formula is C19H24ClNO3S. The first-order valence-corrected chi connectivity index (χ1v) is 10.4. The molecule has 2 rings (SSSR count). The van der Waals surface area contributed by atoms with Crippen molar-refractivity contribution < 1.29 is 13.2 Å². The van der Waals surface area contributed by atoms with Crippen LogP contribution in [0, 0.1) is 0 Å². The lowest BCUT2D eigenvalue weighted by Gasteiger charge is -2.22. The third-order valence-electron chi connectivity index (χ3n) is 3.73. The van der Waals surface area contributed by atoms with E-state index >= 15 is 0 Å². The highest BCUT2D eigenvalue weighted by molar-refractivity contribution is 7.92. The molecule has 0 aromatic heterocycles. The van der Waals surface area contributed by atoms with Crippen molar-refractivity contribution in [2.75, 3.05) is 11.0 Å². The fraction of sp³-hybridized carbons (Fsp3) is 0.368. The van der Waals surface area contributed by atoms with Gasteiger partial charge in [0.05, 0.1) is 6.26 Å². The largest absolute Gasteiger partial charge is 0.457 e. The van der Waals surface area contributed by atoms with Gasteiger partial charge in [0.15, 0.2) is 0 Å². The Balaban J connectivity index is 2.57. The molecule has 0 heterocycles. The van der Waals surface area contributed by atoms with Gasteiger partial charge in [0.1, 0.15) is 11.5 Å². The predicted octanol–water partition coefficient (Wildman–Crippen LogP) is 5.75. The molecule has 0 unspecified atom stereocenters. The molecule has 0 aliphatic carbocycles. The summed E-state index contributed by atoms with van der Waals surface area (Å²) in [6, 6.07) is 10.9. The topological polar surface area (TPSA) is 55.4 Å². The lowest BCUT2D eigenvalue weighted by atomic mass is 9.93. The zero-order valence-corrected chi connectivity index (χ0v) is 16.7. The first-order valence-electron chi connectivity index (χ1n) is 8.16. The highest BCUT2D eigenvalue weighted by Gasteiger charge is 2.19. The number of hydrogen-bond acceptors (Lipinski definition) is 3. The van der Waals surface area contributed by atoms with Gasteiger partial charge in [-0.25, -0.2) is 8.42 Å². The Morgan fingerprint density at radius 1 is 0.960 bits per heavy atom. The van der Waals surface area contributed by atoms with E-state index < -0.39 is 10.0 Å². The zero-order chi connectivity index (χ0) is 18.8. The van der Waals surface area contributed by atoms with E-state index in [1.807, 2.05) is 24.3 Å². The second kappa shape index (κ2) is 7.67. The van der Waals surface area contributed by atoms with Crippen LogP contribution in [0.15, 0.2) is 36.4 Å². The summed E-state index contributed by atoms with van der Waals surface area (Å²) in [5, 5.41) is 0.646. The maximum absolute atomic E-state index is 11.6. The molecule has 0 saturated carbocycles. The summed E-state index contributed by atoms with van der Waals surface area (Å²) in [6.45, 7) is 8.22. The third-order valence-corrected chi connectivity index (χ3v) is 4.59. The molecule has 0 amide bonds. The average molecular weight is 382 g/mol. The standard InChI is InChI=1S/C19H24ClNO3S/c1-12(2)17-10-15(21-25(5,22)23)11-18(13(3)4)19(17)24-16-8-6-14(20)7-9-16/h6-13,21H,1-5H3. The van der Waals surface area contributed by atoms with E-state index in [0.29, 0.717) is 16.5 Å². The number of ether oxygens (including phenoxy) is 1. The van der Waals surface area contributed by atoms with Crippen LogP contribution < -0.4 is 9.46 Å². The maximum Gasteiger partial charge on any atom is 0.229 e. The van der Waals surface area contributed by atoms with Crippen LogP contribution >= 0.6 is 11.6 Å².